The van der Waals surface area contributed by atoms with Crippen LogP contribution in [0.4, 0.5) is 0 Å². The lowest BCUT2D eigenvalue weighted by Crippen LogP contribution is -1.97. The topological polar surface area (TPSA) is 37.3 Å². The maximum atomic E-state index is 10.7. The van der Waals surface area contributed by atoms with E-state index >= 15 is 0 Å². The Morgan fingerprint density at radius 3 is 1.70 bits per heavy atom. The van der Waals surface area contributed by atoms with Gasteiger partial charge < -0.3 is 5.11 Å². The van der Waals surface area contributed by atoms with Crippen molar-refractivity contribution in [3.8, 4) is 0 Å². The van der Waals surface area contributed by atoms with Gasteiger partial charge >= 0.3 is 5.97 Å². The molecule has 0 aliphatic rings. The van der Waals surface area contributed by atoms with Crippen LogP contribution in [-0.4, -0.2) is 11.1 Å². The van der Waals surface area contributed by atoms with Crippen LogP contribution in [0.2, 0.25) is 0 Å². The van der Waals surface area contributed by atoms with Crippen LogP contribution in [0.15, 0.2) is 45.6 Å². The standard InChI is InChI=1S/C20H31ClO2/c1-15(2)9-6-10-16(3)11-7-12-17(4)13-8-14-18(5)19(21)20(22)23/h9,11,13H,6-8,10,12,14H2,1-5H3,(H,22,23)/b16-11+,17-13+,19-18-. The number of halogens is 1. The Labute approximate surface area is 146 Å². The van der Waals surface area contributed by atoms with Crippen LogP contribution in [0.3, 0.4) is 0 Å². The van der Waals surface area contributed by atoms with Crippen molar-refractivity contribution >= 4 is 17.6 Å². The summed E-state index contributed by atoms with van der Waals surface area (Å²) in [6, 6.07) is 0. The minimum absolute atomic E-state index is 0.0500. The summed E-state index contributed by atoms with van der Waals surface area (Å²) < 4.78 is 0. The third kappa shape index (κ3) is 11.9. The molecule has 23 heavy (non-hydrogen) atoms. The average Bonchev–Trinajstić information content (AvgIpc) is 2.45. The molecular formula is C20H31ClO2. The zero-order valence-corrected chi connectivity index (χ0v) is 16.0. The minimum atomic E-state index is -1.04. The lowest BCUT2D eigenvalue weighted by molar-refractivity contribution is -0.131. The van der Waals surface area contributed by atoms with Gasteiger partial charge in [0.25, 0.3) is 0 Å². The van der Waals surface area contributed by atoms with Gasteiger partial charge in [-0.05, 0) is 78.7 Å². The summed E-state index contributed by atoms with van der Waals surface area (Å²) in [4.78, 5) is 10.7. The van der Waals surface area contributed by atoms with Crippen molar-refractivity contribution in [3.63, 3.8) is 0 Å². The summed E-state index contributed by atoms with van der Waals surface area (Å²) in [5, 5.41) is 8.76. The van der Waals surface area contributed by atoms with Crippen LogP contribution < -0.4 is 0 Å². The number of aliphatic carboxylic acids is 1. The Kier molecular flexibility index (Phi) is 11.5. The van der Waals surface area contributed by atoms with Gasteiger partial charge in [-0.15, -0.1) is 0 Å². The highest BCUT2D eigenvalue weighted by Crippen LogP contribution is 2.17. The highest BCUT2D eigenvalue weighted by atomic mass is 35.5. The number of hydrogen-bond acceptors (Lipinski definition) is 1. The van der Waals surface area contributed by atoms with E-state index in [1.807, 2.05) is 0 Å². The molecule has 0 aromatic heterocycles. The van der Waals surface area contributed by atoms with Crippen LogP contribution in [-0.2, 0) is 4.79 Å². The van der Waals surface area contributed by atoms with Crippen molar-refractivity contribution in [1.29, 1.82) is 0 Å². The maximum absolute atomic E-state index is 10.7. The van der Waals surface area contributed by atoms with E-state index in [0.717, 1.165) is 37.7 Å². The van der Waals surface area contributed by atoms with Crippen molar-refractivity contribution in [2.75, 3.05) is 0 Å². The van der Waals surface area contributed by atoms with Crippen molar-refractivity contribution in [2.45, 2.75) is 73.1 Å². The van der Waals surface area contributed by atoms with E-state index in [4.69, 9.17) is 16.7 Å². The number of allylic oxidation sites excluding steroid dienone is 7. The molecule has 0 amide bonds. The third-order valence-electron chi connectivity index (χ3n) is 3.70. The molecule has 2 nitrogen and oxygen atoms in total. The van der Waals surface area contributed by atoms with E-state index in [-0.39, 0.29) is 5.03 Å². The largest absolute Gasteiger partial charge is 0.477 e. The smallest absolute Gasteiger partial charge is 0.347 e. The normalized spacial score (nSPS) is 13.7. The van der Waals surface area contributed by atoms with Crippen molar-refractivity contribution in [3.05, 3.63) is 45.6 Å². The SMILES string of the molecule is CC(C)=CCC/C(C)=C/CC/C(C)=C/CC/C(C)=C(\Cl)C(=O)O. The fourth-order valence-electron chi connectivity index (χ4n) is 2.17. The molecule has 3 heteroatoms. The fourth-order valence-corrected chi connectivity index (χ4v) is 2.26. The Balaban J connectivity index is 4.15. The lowest BCUT2D eigenvalue weighted by Gasteiger charge is -2.03. The Hall–Kier alpha value is -1.28. The number of rotatable bonds is 10. The molecule has 0 saturated heterocycles. The molecule has 0 unspecified atom stereocenters. The van der Waals surface area contributed by atoms with Crippen LogP contribution in [0.5, 0.6) is 0 Å². The van der Waals surface area contributed by atoms with Gasteiger partial charge in [-0.2, -0.15) is 0 Å². The van der Waals surface area contributed by atoms with Crippen LogP contribution >= 0.6 is 11.6 Å². The molecule has 0 aliphatic heterocycles. The fraction of sp³-hybridized carbons (Fsp3) is 0.550. The molecule has 1 N–H and O–H groups in total. The Morgan fingerprint density at radius 1 is 0.826 bits per heavy atom. The number of carbonyl (C=O) groups is 1. The van der Waals surface area contributed by atoms with Gasteiger partial charge in [-0.25, -0.2) is 4.79 Å². The van der Waals surface area contributed by atoms with Gasteiger partial charge in [0.15, 0.2) is 0 Å². The number of carboxylic acid groups (broad SMARTS) is 1. The predicted octanol–water partition coefficient (Wildman–Crippen LogP) is 6.78. The summed E-state index contributed by atoms with van der Waals surface area (Å²) in [6.45, 7) is 10.4. The van der Waals surface area contributed by atoms with E-state index in [2.05, 4.69) is 45.9 Å². The van der Waals surface area contributed by atoms with Crippen molar-refractivity contribution in [1.82, 2.24) is 0 Å². The van der Waals surface area contributed by atoms with Crippen LogP contribution in [0.25, 0.3) is 0 Å². The van der Waals surface area contributed by atoms with E-state index in [1.165, 1.54) is 16.7 Å². The van der Waals surface area contributed by atoms with E-state index in [0.29, 0.717) is 6.42 Å². The number of hydrogen-bond donors (Lipinski definition) is 1. The summed E-state index contributed by atoms with van der Waals surface area (Å²) in [6.07, 6.45) is 12.7. The highest BCUT2D eigenvalue weighted by molar-refractivity contribution is 6.41. The van der Waals surface area contributed by atoms with Crippen molar-refractivity contribution in [2.24, 2.45) is 0 Å². The van der Waals surface area contributed by atoms with Gasteiger partial charge in [-0.3, -0.25) is 0 Å². The summed E-state index contributed by atoms with van der Waals surface area (Å²) in [5.74, 6) is -1.04. The predicted molar refractivity (Wildman–Crippen MR) is 101 cm³/mol. The second kappa shape index (κ2) is 12.2. The highest BCUT2D eigenvalue weighted by Gasteiger charge is 2.06. The van der Waals surface area contributed by atoms with Gasteiger partial charge in [0.05, 0.1) is 0 Å². The molecule has 0 spiro atoms. The van der Waals surface area contributed by atoms with Crippen molar-refractivity contribution < 1.29 is 9.90 Å². The first-order valence-electron chi connectivity index (χ1n) is 8.27. The van der Waals surface area contributed by atoms with Gasteiger partial charge in [0.1, 0.15) is 5.03 Å². The van der Waals surface area contributed by atoms with E-state index in [1.54, 1.807) is 6.92 Å². The molecule has 0 saturated carbocycles. The first-order valence-corrected chi connectivity index (χ1v) is 8.65. The molecule has 0 fully saturated rings. The minimum Gasteiger partial charge on any atom is -0.477 e. The monoisotopic (exact) mass is 338 g/mol. The summed E-state index contributed by atoms with van der Waals surface area (Å²) >= 11 is 5.71. The van der Waals surface area contributed by atoms with Crippen LogP contribution in [0.1, 0.15) is 73.1 Å². The first-order chi connectivity index (χ1) is 10.7. The molecule has 0 radical (unpaired) electrons. The van der Waals surface area contributed by atoms with E-state index in [9.17, 15) is 4.79 Å². The second-order valence-electron chi connectivity index (χ2n) is 6.40. The quantitative estimate of drug-likeness (QED) is 0.352. The summed E-state index contributed by atoms with van der Waals surface area (Å²) in [5.41, 5.74) is 4.90. The molecule has 0 rings (SSSR count). The second-order valence-corrected chi connectivity index (χ2v) is 6.78. The molecule has 0 bridgehead atoms. The van der Waals surface area contributed by atoms with Gasteiger partial charge in [-0.1, -0.05) is 46.5 Å². The molecule has 0 atom stereocenters. The summed E-state index contributed by atoms with van der Waals surface area (Å²) in [7, 11) is 0. The molecule has 0 heterocycles. The van der Waals surface area contributed by atoms with Gasteiger partial charge in [0.2, 0.25) is 0 Å². The zero-order chi connectivity index (χ0) is 17.8. The molecule has 130 valence electrons. The molecular weight excluding hydrogens is 308 g/mol. The average molecular weight is 339 g/mol. The van der Waals surface area contributed by atoms with Crippen LogP contribution in [0, 0.1) is 0 Å². The van der Waals surface area contributed by atoms with Gasteiger partial charge in [0, 0.05) is 0 Å². The van der Waals surface area contributed by atoms with E-state index < -0.39 is 5.97 Å². The Bertz CT molecular complexity index is 504. The number of carboxylic acids is 1. The third-order valence-corrected chi connectivity index (χ3v) is 4.18. The first kappa shape index (κ1) is 21.7. The zero-order valence-electron chi connectivity index (χ0n) is 15.2. The molecule has 0 aromatic rings. The Morgan fingerprint density at radius 2 is 1.26 bits per heavy atom. The maximum Gasteiger partial charge on any atom is 0.347 e. The lowest BCUT2D eigenvalue weighted by atomic mass is 10.0. The molecule has 0 aliphatic carbocycles. The molecule has 0 aromatic carbocycles.